The summed E-state index contributed by atoms with van der Waals surface area (Å²) in [6.07, 6.45) is 3.63. The number of hydrogen-bond acceptors (Lipinski definition) is 2. The largest absolute Gasteiger partial charge is 0.386 e. The number of nitrogens with zero attached hydrogens (tertiary/aromatic N) is 2. The molecule has 0 fully saturated rings. The maximum Gasteiger partial charge on any atom is 0.0995 e. The third-order valence-electron chi connectivity index (χ3n) is 2.77. The van der Waals surface area contributed by atoms with E-state index in [0.29, 0.717) is 6.42 Å². The molecular formula is C13H15IN2O. The van der Waals surface area contributed by atoms with Gasteiger partial charge in [-0.25, -0.2) is 4.98 Å². The number of aryl methyl sites for hydroxylation is 1. The Morgan fingerprint density at radius 3 is 2.71 bits per heavy atom. The minimum absolute atomic E-state index is 0.488. The smallest absolute Gasteiger partial charge is 0.0995 e. The first-order valence-corrected chi connectivity index (χ1v) is 6.71. The molecule has 1 unspecified atom stereocenters. The summed E-state index contributed by atoms with van der Waals surface area (Å²) in [5.74, 6) is 0. The van der Waals surface area contributed by atoms with E-state index in [1.165, 1.54) is 3.57 Å². The number of rotatable bonds is 4. The number of aromatic nitrogens is 2. The van der Waals surface area contributed by atoms with Crippen LogP contribution < -0.4 is 0 Å². The van der Waals surface area contributed by atoms with Crippen LogP contribution in [0.2, 0.25) is 0 Å². The van der Waals surface area contributed by atoms with Gasteiger partial charge in [-0.15, -0.1) is 0 Å². The van der Waals surface area contributed by atoms with E-state index in [1.807, 2.05) is 11.5 Å². The minimum Gasteiger partial charge on any atom is -0.386 e. The Balaban J connectivity index is 2.11. The van der Waals surface area contributed by atoms with E-state index >= 15 is 0 Å². The van der Waals surface area contributed by atoms with Crippen LogP contribution in [-0.4, -0.2) is 14.7 Å². The zero-order valence-electron chi connectivity index (χ0n) is 9.68. The molecule has 1 aromatic carbocycles. The van der Waals surface area contributed by atoms with Crippen molar-refractivity contribution >= 4 is 22.6 Å². The van der Waals surface area contributed by atoms with E-state index in [0.717, 1.165) is 17.8 Å². The molecule has 0 aliphatic carbocycles. The minimum atomic E-state index is -0.488. The van der Waals surface area contributed by atoms with Crippen molar-refractivity contribution in [2.24, 2.45) is 0 Å². The SMILES string of the molecule is CCn1cncc1C(O)Cc1ccc(I)cc1. The summed E-state index contributed by atoms with van der Waals surface area (Å²) in [5.41, 5.74) is 2.02. The van der Waals surface area contributed by atoms with Crippen LogP contribution in [0.25, 0.3) is 0 Å². The fraction of sp³-hybridized carbons (Fsp3) is 0.308. The van der Waals surface area contributed by atoms with Crippen molar-refractivity contribution in [3.8, 4) is 0 Å². The highest BCUT2D eigenvalue weighted by molar-refractivity contribution is 14.1. The number of aliphatic hydroxyl groups is 1. The molecule has 0 amide bonds. The van der Waals surface area contributed by atoms with Gasteiger partial charge in [-0.1, -0.05) is 12.1 Å². The summed E-state index contributed by atoms with van der Waals surface area (Å²) >= 11 is 2.28. The second-order valence-corrected chi connectivity index (χ2v) is 5.20. The van der Waals surface area contributed by atoms with E-state index < -0.39 is 6.10 Å². The predicted molar refractivity (Wildman–Crippen MR) is 75.7 cm³/mol. The van der Waals surface area contributed by atoms with E-state index in [1.54, 1.807) is 12.5 Å². The van der Waals surface area contributed by atoms with E-state index in [4.69, 9.17) is 0 Å². The first kappa shape index (κ1) is 12.6. The highest BCUT2D eigenvalue weighted by Crippen LogP contribution is 2.18. The van der Waals surface area contributed by atoms with Crippen molar-refractivity contribution in [2.45, 2.75) is 26.0 Å². The molecule has 0 radical (unpaired) electrons. The van der Waals surface area contributed by atoms with Crippen LogP contribution in [0.5, 0.6) is 0 Å². The van der Waals surface area contributed by atoms with E-state index in [2.05, 4.69) is 51.8 Å². The molecule has 4 heteroatoms. The summed E-state index contributed by atoms with van der Waals surface area (Å²) in [6, 6.07) is 8.22. The summed E-state index contributed by atoms with van der Waals surface area (Å²) in [6.45, 7) is 2.88. The average molecular weight is 342 g/mol. The van der Waals surface area contributed by atoms with Crippen molar-refractivity contribution in [2.75, 3.05) is 0 Å². The van der Waals surface area contributed by atoms with Crippen LogP contribution in [0.15, 0.2) is 36.8 Å². The molecule has 0 aliphatic rings. The third-order valence-corrected chi connectivity index (χ3v) is 3.49. The second kappa shape index (κ2) is 5.64. The molecule has 0 spiro atoms. The molecule has 0 aliphatic heterocycles. The van der Waals surface area contributed by atoms with Gasteiger partial charge in [0.05, 0.1) is 24.3 Å². The number of imidazole rings is 1. The van der Waals surface area contributed by atoms with Gasteiger partial charge in [0.15, 0.2) is 0 Å². The quantitative estimate of drug-likeness (QED) is 0.868. The van der Waals surface area contributed by atoms with Gasteiger partial charge in [0.25, 0.3) is 0 Å². The molecule has 1 atom stereocenters. The molecule has 0 saturated heterocycles. The maximum atomic E-state index is 10.2. The van der Waals surface area contributed by atoms with Crippen LogP contribution in [0, 0.1) is 3.57 Å². The molecule has 0 saturated carbocycles. The molecule has 0 bridgehead atoms. The van der Waals surface area contributed by atoms with Crippen LogP contribution in [0.3, 0.4) is 0 Å². The second-order valence-electron chi connectivity index (χ2n) is 3.95. The van der Waals surface area contributed by atoms with Crippen LogP contribution in [0.4, 0.5) is 0 Å². The molecule has 1 aromatic heterocycles. The average Bonchev–Trinajstić information content (AvgIpc) is 2.80. The van der Waals surface area contributed by atoms with Gasteiger partial charge in [-0.2, -0.15) is 0 Å². The summed E-state index contributed by atoms with van der Waals surface area (Å²) in [4.78, 5) is 4.07. The van der Waals surface area contributed by atoms with E-state index in [-0.39, 0.29) is 0 Å². The van der Waals surface area contributed by atoms with Crippen molar-refractivity contribution in [1.29, 1.82) is 0 Å². The Morgan fingerprint density at radius 1 is 1.35 bits per heavy atom. The topological polar surface area (TPSA) is 38.0 Å². The van der Waals surface area contributed by atoms with Crippen molar-refractivity contribution in [3.05, 3.63) is 51.6 Å². The Bertz CT molecular complexity index is 478. The normalized spacial score (nSPS) is 12.6. The van der Waals surface area contributed by atoms with Crippen LogP contribution in [-0.2, 0) is 13.0 Å². The monoisotopic (exact) mass is 342 g/mol. The van der Waals surface area contributed by atoms with Gasteiger partial charge in [-0.05, 0) is 47.2 Å². The predicted octanol–water partition coefficient (Wildman–Crippen LogP) is 2.78. The summed E-state index contributed by atoms with van der Waals surface area (Å²) in [7, 11) is 0. The van der Waals surface area contributed by atoms with Crippen molar-refractivity contribution < 1.29 is 5.11 Å². The van der Waals surface area contributed by atoms with Gasteiger partial charge >= 0.3 is 0 Å². The molecule has 2 rings (SSSR count). The number of halogens is 1. The zero-order valence-corrected chi connectivity index (χ0v) is 11.8. The lowest BCUT2D eigenvalue weighted by Crippen LogP contribution is -2.08. The molecule has 1 N–H and O–H groups in total. The lowest BCUT2D eigenvalue weighted by Gasteiger charge is -2.12. The molecule has 3 nitrogen and oxygen atoms in total. The lowest BCUT2D eigenvalue weighted by atomic mass is 10.1. The van der Waals surface area contributed by atoms with Gasteiger partial charge in [-0.3, -0.25) is 0 Å². The summed E-state index contributed by atoms with van der Waals surface area (Å²) < 4.78 is 3.18. The number of aliphatic hydroxyl groups excluding tert-OH is 1. The highest BCUT2D eigenvalue weighted by atomic mass is 127. The van der Waals surface area contributed by atoms with Gasteiger partial charge < -0.3 is 9.67 Å². The first-order valence-electron chi connectivity index (χ1n) is 5.63. The van der Waals surface area contributed by atoms with Crippen LogP contribution in [0.1, 0.15) is 24.3 Å². The third kappa shape index (κ3) is 3.07. The van der Waals surface area contributed by atoms with Gasteiger partial charge in [0.2, 0.25) is 0 Å². The maximum absolute atomic E-state index is 10.2. The summed E-state index contributed by atoms with van der Waals surface area (Å²) in [5, 5.41) is 10.2. The Hall–Kier alpha value is -0.880. The number of hydrogen-bond donors (Lipinski definition) is 1. The highest BCUT2D eigenvalue weighted by Gasteiger charge is 2.12. The Labute approximate surface area is 115 Å². The van der Waals surface area contributed by atoms with Crippen molar-refractivity contribution in [1.82, 2.24) is 9.55 Å². The zero-order chi connectivity index (χ0) is 12.3. The first-order chi connectivity index (χ1) is 8.20. The standard InChI is InChI=1S/C13H15IN2O/c1-2-16-9-15-8-12(16)13(17)7-10-3-5-11(14)6-4-10/h3-6,8-9,13,17H,2,7H2,1H3. The fourth-order valence-electron chi connectivity index (χ4n) is 1.82. The molecular weight excluding hydrogens is 327 g/mol. The fourth-order valence-corrected chi connectivity index (χ4v) is 2.18. The van der Waals surface area contributed by atoms with Crippen LogP contribution >= 0.6 is 22.6 Å². The van der Waals surface area contributed by atoms with Gasteiger partial charge in [0, 0.05) is 16.5 Å². The van der Waals surface area contributed by atoms with E-state index in [9.17, 15) is 5.11 Å². The lowest BCUT2D eigenvalue weighted by molar-refractivity contribution is 0.169. The molecule has 1 heterocycles. The molecule has 90 valence electrons. The molecule has 17 heavy (non-hydrogen) atoms. The van der Waals surface area contributed by atoms with Gasteiger partial charge in [0.1, 0.15) is 0 Å². The molecule has 2 aromatic rings. The number of benzene rings is 1. The Kier molecular flexibility index (Phi) is 4.17. The van der Waals surface area contributed by atoms with Crippen molar-refractivity contribution in [3.63, 3.8) is 0 Å². The Morgan fingerprint density at radius 2 is 2.06 bits per heavy atom.